The summed E-state index contributed by atoms with van der Waals surface area (Å²) < 4.78 is 37.8. The van der Waals surface area contributed by atoms with Crippen LogP contribution in [0.5, 0.6) is 5.75 Å². The van der Waals surface area contributed by atoms with Crippen LogP contribution in [0.15, 0.2) is 83.8 Å². The van der Waals surface area contributed by atoms with Crippen molar-refractivity contribution >= 4 is 27.6 Å². The summed E-state index contributed by atoms with van der Waals surface area (Å²) in [7, 11) is -1.02. The maximum absolute atomic E-state index is 13.1. The number of esters is 1. The lowest BCUT2D eigenvalue weighted by Crippen LogP contribution is -2.37. The average molecular weight is 497 g/mol. The smallest absolute Gasteiger partial charge is 0.338 e. The van der Waals surface area contributed by atoms with Gasteiger partial charge in [0.2, 0.25) is 0 Å². The molecule has 0 heterocycles. The number of sulfonamides is 1. The van der Waals surface area contributed by atoms with E-state index in [1.807, 2.05) is 37.3 Å². The van der Waals surface area contributed by atoms with E-state index in [1.165, 1.54) is 45.3 Å². The maximum atomic E-state index is 13.1. The maximum Gasteiger partial charge on any atom is 0.338 e. The largest absolute Gasteiger partial charge is 0.495 e. The molecular weight excluding hydrogens is 468 g/mol. The standard InChI is InChI=1S/C26H28N2O6S/c1-18(20-10-6-5-7-11-20)27-25(29)19(2)34-26(30)21-14-16-22(17-15-21)35(31,32)28(3)23-12-8-9-13-24(23)33-4/h5-19H,1-4H3,(H,27,29). The highest BCUT2D eigenvalue weighted by molar-refractivity contribution is 7.92. The molecule has 0 aromatic heterocycles. The fourth-order valence-corrected chi connectivity index (χ4v) is 4.58. The number of amides is 1. The Morgan fingerprint density at radius 3 is 2.11 bits per heavy atom. The van der Waals surface area contributed by atoms with E-state index in [2.05, 4.69) is 5.32 Å². The molecule has 3 aromatic carbocycles. The van der Waals surface area contributed by atoms with Gasteiger partial charge in [0.15, 0.2) is 6.10 Å². The third kappa shape index (κ3) is 5.99. The summed E-state index contributed by atoms with van der Waals surface area (Å²) in [5.74, 6) is -0.762. The minimum atomic E-state index is -3.91. The van der Waals surface area contributed by atoms with E-state index >= 15 is 0 Å². The Bertz CT molecular complexity index is 1280. The van der Waals surface area contributed by atoms with Gasteiger partial charge >= 0.3 is 5.97 Å². The number of nitrogens with one attached hydrogen (secondary N) is 1. The Labute approximate surface area is 205 Å². The van der Waals surface area contributed by atoms with Crippen molar-refractivity contribution in [2.24, 2.45) is 0 Å². The van der Waals surface area contributed by atoms with Gasteiger partial charge in [0.1, 0.15) is 5.75 Å². The number of methoxy groups -OCH3 is 1. The Kier molecular flexibility index (Phi) is 8.14. The van der Waals surface area contributed by atoms with Gasteiger partial charge in [-0.3, -0.25) is 9.10 Å². The molecule has 1 amide bonds. The third-order valence-electron chi connectivity index (χ3n) is 5.48. The second-order valence-corrected chi connectivity index (χ2v) is 9.83. The van der Waals surface area contributed by atoms with Gasteiger partial charge in [-0.15, -0.1) is 0 Å². The molecule has 0 aliphatic carbocycles. The zero-order valence-corrected chi connectivity index (χ0v) is 20.8. The molecule has 3 aromatic rings. The van der Waals surface area contributed by atoms with Gasteiger partial charge in [0.25, 0.3) is 15.9 Å². The van der Waals surface area contributed by atoms with Crippen LogP contribution in [0.25, 0.3) is 0 Å². The minimum absolute atomic E-state index is 0.00932. The quantitative estimate of drug-likeness (QED) is 0.450. The first-order valence-electron chi connectivity index (χ1n) is 10.9. The summed E-state index contributed by atoms with van der Waals surface area (Å²) in [5, 5.41) is 2.81. The van der Waals surface area contributed by atoms with Gasteiger partial charge < -0.3 is 14.8 Å². The van der Waals surface area contributed by atoms with E-state index in [9.17, 15) is 18.0 Å². The van der Waals surface area contributed by atoms with Crippen molar-refractivity contribution in [1.82, 2.24) is 5.32 Å². The molecule has 0 fully saturated rings. The number of hydrogen-bond donors (Lipinski definition) is 1. The zero-order chi connectivity index (χ0) is 25.6. The molecule has 0 radical (unpaired) electrons. The molecule has 0 bridgehead atoms. The number of anilines is 1. The summed E-state index contributed by atoms with van der Waals surface area (Å²) in [5.41, 5.74) is 1.43. The van der Waals surface area contributed by atoms with Crippen molar-refractivity contribution < 1.29 is 27.5 Å². The van der Waals surface area contributed by atoms with E-state index in [4.69, 9.17) is 9.47 Å². The summed E-state index contributed by atoms with van der Waals surface area (Å²) in [6.07, 6.45) is -1.03. The summed E-state index contributed by atoms with van der Waals surface area (Å²) in [6.45, 7) is 3.31. The molecule has 1 N–H and O–H groups in total. The van der Waals surface area contributed by atoms with Gasteiger partial charge in [0, 0.05) is 7.05 Å². The first-order chi connectivity index (χ1) is 16.6. The highest BCUT2D eigenvalue weighted by Gasteiger charge is 2.25. The van der Waals surface area contributed by atoms with Gasteiger partial charge in [0.05, 0.1) is 29.3 Å². The lowest BCUT2D eigenvalue weighted by molar-refractivity contribution is -0.129. The van der Waals surface area contributed by atoms with Crippen LogP contribution in [-0.2, 0) is 19.6 Å². The number of benzene rings is 3. The van der Waals surface area contributed by atoms with Crippen molar-refractivity contribution in [2.45, 2.75) is 30.9 Å². The fraction of sp³-hybridized carbons (Fsp3) is 0.231. The highest BCUT2D eigenvalue weighted by Crippen LogP contribution is 2.30. The first kappa shape index (κ1) is 25.8. The van der Waals surface area contributed by atoms with Gasteiger partial charge in [-0.25, -0.2) is 13.2 Å². The topological polar surface area (TPSA) is 102 Å². The van der Waals surface area contributed by atoms with Crippen molar-refractivity contribution in [3.05, 3.63) is 90.0 Å². The predicted octanol–water partition coefficient (Wildman–Crippen LogP) is 3.94. The molecule has 2 unspecified atom stereocenters. The van der Waals surface area contributed by atoms with Crippen LogP contribution < -0.4 is 14.4 Å². The Hall–Kier alpha value is -3.85. The Morgan fingerprint density at radius 1 is 0.886 bits per heavy atom. The molecular formula is C26H28N2O6S. The molecule has 2 atom stereocenters. The molecule has 8 nitrogen and oxygen atoms in total. The zero-order valence-electron chi connectivity index (χ0n) is 20.0. The molecule has 0 spiro atoms. The van der Waals surface area contributed by atoms with E-state index < -0.39 is 28.0 Å². The monoisotopic (exact) mass is 496 g/mol. The number of carbonyl (C=O) groups is 2. The van der Waals surface area contributed by atoms with Crippen LogP contribution in [0, 0.1) is 0 Å². The second-order valence-electron chi connectivity index (χ2n) is 7.86. The number of hydrogen-bond acceptors (Lipinski definition) is 6. The molecule has 184 valence electrons. The summed E-state index contributed by atoms with van der Waals surface area (Å²) >= 11 is 0. The Balaban J connectivity index is 1.66. The number of nitrogens with zero attached hydrogens (tertiary/aromatic N) is 1. The Morgan fingerprint density at radius 2 is 1.49 bits per heavy atom. The van der Waals surface area contributed by atoms with Crippen molar-refractivity contribution in [1.29, 1.82) is 0 Å². The molecule has 3 rings (SSSR count). The number of para-hydroxylation sites is 2. The van der Waals surface area contributed by atoms with Gasteiger partial charge in [-0.2, -0.15) is 0 Å². The van der Waals surface area contributed by atoms with E-state index in [-0.39, 0.29) is 16.5 Å². The predicted molar refractivity (Wildman–Crippen MR) is 133 cm³/mol. The second kappa shape index (κ2) is 11.1. The van der Waals surface area contributed by atoms with Crippen LogP contribution >= 0.6 is 0 Å². The van der Waals surface area contributed by atoms with Gasteiger partial charge in [-0.05, 0) is 55.8 Å². The lowest BCUT2D eigenvalue weighted by Gasteiger charge is -2.21. The van der Waals surface area contributed by atoms with Crippen LogP contribution in [-0.4, -0.2) is 40.6 Å². The first-order valence-corrected chi connectivity index (χ1v) is 12.4. The van der Waals surface area contributed by atoms with E-state index in [1.54, 1.807) is 24.3 Å². The van der Waals surface area contributed by atoms with E-state index in [0.29, 0.717) is 11.4 Å². The number of carbonyl (C=O) groups excluding carboxylic acids is 2. The lowest BCUT2D eigenvalue weighted by atomic mass is 10.1. The third-order valence-corrected chi connectivity index (χ3v) is 7.27. The van der Waals surface area contributed by atoms with Crippen LogP contribution in [0.1, 0.15) is 35.8 Å². The van der Waals surface area contributed by atoms with Crippen molar-refractivity contribution in [3.63, 3.8) is 0 Å². The molecule has 0 aliphatic heterocycles. The average Bonchev–Trinajstić information content (AvgIpc) is 2.88. The van der Waals surface area contributed by atoms with Crippen LogP contribution in [0.4, 0.5) is 5.69 Å². The van der Waals surface area contributed by atoms with Crippen LogP contribution in [0.2, 0.25) is 0 Å². The summed E-state index contributed by atoms with van der Waals surface area (Å²) in [4.78, 5) is 25.0. The van der Waals surface area contributed by atoms with Crippen molar-refractivity contribution in [3.8, 4) is 5.75 Å². The molecule has 35 heavy (non-hydrogen) atoms. The summed E-state index contributed by atoms with van der Waals surface area (Å²) in [6, 6.07) is 21.2. The number of ether oxygens (including phenoxy) is 2. The highest BCUT2D eigenvalue weighted by atomic mass is 32.2. The normalized spacial score (nSPS) is 12.8. The molecule has 0 saturated carbocycles. The van der Waals surface area contributed by atoms with E-state index in [0.717, 1.165) is 9.87 Å². The number of rotatable bonds is 9. The molecule has 0 saturated heterocycles. The van der Waals surface area contributed by atoms with Crippen molar-refractivity contribution in [2.75, 3.05) is 18.5 Å². The van der Waals surface area contributed by atoms with Crippen LogP contribution in [0.3, 0.4) is 0 Å². The van der Waals surface area contributed by atoms with Gasteiger partial charge in [-0.1, -0.05) is 42.5 Å². The molecule has 9 heteroatoms. The molecule has 0 aliphatic rings. The minimum Gasteiger partial charge on any atom is -0.495 e. The SMILES string of the molecule is COc1ccccc1N(C)S(=O)(=O)c1ccc(C(=O)OC(C)C(=O)NC(C)c2ccccc2)cc1. The fourth-order valence-electron chi connectivity index (χ4n) is 3.38.